The molecule has 1 saturated heterocycles. The van der Waals surface area contributed by atoms with Gasteiger partial charge < -0.3 is 20.8 Å². The van der Waals surface area contributed by atoms with Crippen molar-refractivity contribution in [2.45, 2.75) is 19.4 Å². The summed E-state index contributed by atoms with van der Waals surface area (Å²) < 4.78 is 6.34. The number of hydrogen-bond donors (Lipinski definition) is 3. The first-order valence-corrected chi connectivity index (χ1v) is 9.74. The van der Waals surface area contributed by atoms with Crippen molar-refractivity contribution >= 4 is 28.7 Å². The van der Waals surface area contributed by atoms with Gasteiger partial charge in [-0.15, -0.1) is 0 Å². The molecular weight excluding hydrogens is 364 g/mol. The molecule has 2 heterocycles. The number of anilines is 1. The first-order valence-electron chi connectivity index (χ1n) is 9.74. The summed E-state index contributed by atoms with van der Waals surface area (Å²) in [6.07, 6.45) is 3.51. The van der Waals surface area contributed by atoms with Gasteiger partial charge in [0.05, 0.1) is 5.52 Å². The number of pyridine rings is 1. The second-order valence-electron chi connectivity index (χ2n) is 7.33. The van der Waals surface area contributed by atoms with Gasteiger partial charge >= 0.3 is 0 Å². The number of nitrogens with one attached hydrogen (secondary N) is 3. The van der Waals surface area contributed by atoms with Crippen molar-refractivity contribution in [3.8, 4) is 16.9 Å². The number of ether oxygens (including phenoxy) is 1. The number of aromatic nitrogens is 1. The van der Waals surface area contributed by atoms with Crippen molar-refractivity contribution in [2.75, 3.05) is 18.9 Å². The topological polar surface area (TPSA) is 87.1 Å². The molecule has 3 aromatic rings. The predicted molar refractivity (Wildman–Crippen MR) is 116 cm³/mol. The third kappa shape index (κ3) is 3.78. The molecule has 6 heteroatoms. The molecule has 1 aliphatic rings. The monoisotopic (exact) mass is 388 g/mol. The van der Waals surface area contributed by atoms with Crippen molar-refractivity contribution in [1.82, 2.24) is 10.3 Å². The summed E-state index contributed by atoms with van der Waals surface area (Å²) in [4.78, 5) is 16.1. The quantitative estimate of drug-likeness (QED) is 0.560. The molecule has 1 aliphatic heterocycles. The smallest absolute Gasteiger partial charge is 0.220 e. The van der Waals surface area contributed by atoms with E-state index in [9.17, 15) is 4.79 Å². The lowest BCUT2D eigenvalue weighted by Crippen LogP contribution is -2.25. The van der Waals surface area contributed by atoms with Gasteiger partial charge in [-0.25, -0.2) is 0 Å². The van der Waals surface area contributed by atoms with E-state index in [2.05, 4.69) is 15.6 Å². The van der Waals surface area contributed by atoms with Crippen LogP contribution in [0.3, 0.4) is 0 Å². The second kappa shape index (κ2) is 7.91. The maximum atomic E-state index is 11.6. The number of nitrogens with zero attached hydrogens (tertiary/aromatic N) is 1. The average Bonchev–Trinajstić information content (AvgIpc) is 3.19. The molecule has 4 rings (SSSR count). The van der Waals surface area contributed by atoms with Gasteiger partial charge in [-0.2, -0.15) is 0 Å². The van der Waals surface area contributed by atoms with Crippen molar-refractivity contribution in [3.63, 3.8) is 0 Å². The zero-order chi connectivity index (χ0) is 20.4. The number of rotatable bonds is 6. The van der Waals surface area contributed by atoms with Gasteiger partial charge in [-0.1, -0.05) is 12.1 Å². The highest BCUT2D eigenvalue weighted by Gasteiger charge is 2.28. The number of benzene rings is 2. The molecular formula is C23H24N4O2. The van der Waals surface area contributed by atoms with Gasteiger partial charge in [0.2, 0.25) is 5.91 Å². The SMILES string of the molecule is CNc1cc(-c2cc(O[C@H](C)[C@H]3CNC(=O)C3)c3cccnc3c2)ccc1C=N. The summed E-state index contributed by atoms with van der Waals surface area (Å²) in [5, 5.41) is 14.5. The number of fused-ring (bicyclic) bond motifs is 1. The number of amides is 1. The minimum atomic E-state index is -0.0965. The lowest BCUT2D eigenvalue weighted by atomic mass is 9.99. The fourth-order valence-corrected chi connectivity index (χ4v) is 3.75. The van der Waals surface area contributed by atoms with E-state index < -0.39 is 0 Å². The van der Waals surface area contributed by atoms with Crippen molar-refractivity contribution in [3.05, 3.63) is 54.2 Å². The standard InChI is InChI=1S/C23H24N4O2/c1-14(18-11-23(28)27-13-18)29-22-10-17(9-21-19(22)4-3-7-26-21)15-5-6-16(12-24)20(8-15)25-2/h3-10,12,14,18,24-25H,11,13H2,1-2H3,(H,27,28)/t14-,18-/m1/s1. The zero-order valence-corrected chi connectivity index (χ0v) is 16.5. The molecule has 3 N–H and O–H groups in total. The van der Waals surface area contributed by atoms with Crippen LogP contribution < -0.4 is 15.4 Å². The Morgan fingerprint density at radius 3 is 2.86 bits per heavy atom. The molecule has 1 amide bonds. The molecule has 0 saturated carbocycles. The van der Waals surface area contributed by atoms with Crippen LogP contribution in [0.25, 0.3) is 22.0 Å². The molecule has 0 spiro atoms. The summed E-state index contributed by atoms with van der Waals surface area (Å²) in [5.74, 6) is 0.997. The van der Waals surface area contributed by atoms with E-state index in [-0.39, 0.29) is 17.9 Å². The molecule has 0 aliphatic carbocycles. The lowest BCUT2D eigenvalue weighted by Gasteiger charge is -2.21. The maximum Gasteiger partial charge on any atom is 0.220 e. The minimum absolute atomic E-state index is 0.0802. The van der Waals surface area contributed by atoms with Crippen LogP contribution >= 0.6 is 0 Å². The summed E-state index contributed by atoms with van der Waals surface area (Å²) in [7, 11) is 1.85. The van der Waals surface area contributed by atoms with Gasteiger partial charge in [-0.05, 0) is 48.4 Å². The van der Waals surface area contributed by atoms with Gasteiger partial charge in [0.25, 0.3) is 0 Å². The number of carbonyl (C=O) groups is 1. The van der Waals surface area contributed by atoms with E-state index in [1.165, 1.54) is 6.21 Å². The van der Waals surface area contributed by atoms with Gasteiger partial charge in [0.15, 0.2) is 0 Å². The van der Waals surface area contributed by atoms with Crippen molar-refractivity contribution in [1.29, 1.82) is 5.41 Å². The molecule has 2 aromatic carbocycles. The number of carbonyl (C=O) groups excluding carboxylic acids is 1. The van der Waals surface area contributed by atoms with Crippen molar-refractivity contribution < 1.29 is 9.53 Å². The molecule has 1 fully saturated rings. The Bertz CT molecular complexity index is 1080. The van der Waals surface area contributed by atoms with Crippen LogP contribution in [0.2, 0.25) is 0 Å². The van der Waals surface area contributed by atoms with Crippen LogP contribution in [-0.2, 0) is 4.79 Å². The van der Waals surface area contributed by atoms with E-state index >= 15 is 0 Å². The first-order chi connectivity index (χ1) is 14.1. The third-order valence-corrected chi connectivity index (χ3v) is 5.48. The van der Waals surface area contributed by atoms with Crippen LogP contribution in [0.1, 0.15) is 18.9 Å². The third-order valence-electron chi connectivity index (χ3n) is 5.48. The second-order valence-corrected chi connectivity index (χ2v) is 7.33. The minimum Gasteiger partial charge on any atom is -0.490 e. The normalized spacial score (nSPS) is 17.0. The molecule has 0 unspecified atom stereocenters. The van der Waals surface area contributed by atoms with Crippen LogP contribution in [0, 0.1) is 11.3 Å². The molecule has 29 heavy (non-hydrogen) atoms. The van der Waals surface area contributed by atoms with Crippen LogP contribution in [0.15, 0.2) is 48.7 Å². The van der Waals surface area contributed by atoms with Gasteiger partial charge in [0.1, 0.15) is 11.9 Å². The summed E-state index contributed by atoms with van der Waals surface area (Å²) in [6.45, 7) is 2.66. The Kier molecular flexibility index (Phi) is 5.16. The molecule has 0 bridgehead atoms. The first kappa shape index (κ1) is 18.9. The molecule has 0 radical (unpaired) electrons. The molecule has 6 nitrogen and oxygen atoms in total. The van der Waals surface area contributed by atoms with E-state index in [1.54, 1.807) is 6.20 Å². The van der Waals surface area contributed by atoms with E-state index in [0.29, 0.717) is 13.0 Å². The Morgan fingerprint density at radius 1 is 1.28 bits per heavy atom. The van der Waals surface area contributed by atoms with Crippen LogP contribution in [0.5, 0.6) is 5.75 Å². The molecule has 1 aromatic heterocycles. The number of hydrogen-bond acceptors (Lipinski definition) is 5. The Morgan fingerprint density at radius 2 is 2.14 bits per heavy atom. The van der Waals surface area contributed by atoms with Crippen LogP contribution in [0.4, 0.5) is 5.69 Å². The van der Waals surface area contributed by atoms with Gasteiger partial charge in [-0.3, -0.25) is 9.78 Å². The zero-order valence-electron chi connectivity index (χ0n) is 16.5. The average molecular weight is 388 g/mol. The summed E-state index contributed by atoms with van der Waals surface area (Å²) in [5.41, 5.74) is 4.59. The highest BCUT2D eigenvalue weighted by Crippen LogP contribution is 2.34. The molecule has 2 atom stereocenters. The Balaban J connectivity index is 1.75. The van der Waals surface area contributed by atoms with Gasteiger partial charge in [0, 0.05) is 55.0 Å². The van der Waals surface area contributed by atoms with Crippen molar-refractivity contribution in [2.24, 2.45) is 5.92 Å². The Labute approximate surface area is 169 Å². The highest BCUT2D eigenvalue weighted by atomic mass is 16.5. The fraction of sp³-hybridized carbons (Fsp3) is 0.261. The fourth-order valence-electron chi connectivity index (χ4n) is 3.75. The van der Waals surface area contributed by atoms with E-state index in [0.717, 1.165) is 39.0 Å². The van der Waals surface area contributed by atoms with E-state index in [4.69, 9.17) is 10.1 Å². The maximum absolute atomic E-state index is 11.6. The highest BCUT2D eigenvalue weighted by molar-refractivity contribution is 5.92. The lowest BCUT2D eigenvalue weighted by molar-refractivity contribution is -0.119. The summed E-state index contributed by atoms with van der Waals surface area (Å²) >= 11 is 0. The van der Waals surface area contributed by atoms with Crippen LogP contribution in [-0.4, -0.2) is 36.8 Å². The largest absolute Gasteiger partial charge is 0.490 e. The van der Waals surface area contributed by atoms with E-state index in [1.807, 2.05) is 56.4 Å². The summed E-state index contributed by atoms with van der Waals surface area (Å²) in [6, 6.07) is 13.9. The Hall–Kier alpha value is -3.41. The molecule has 148 valence electrons. The predicted octanol–water partition coefficient (Wildman–Crippen LogP) is 3.84.